The van der Waals surface area contributed by atoms with E-state index in [0.29, 0.717) is 0 Å². The maximum Gasteiger partial charge on any atom is 0.152 e. The van der Waals surface area contributed by atoms with Crippen molar-refractivity contribution in [3.63, 3.8) is 0 Å². The molecule has 78 valence electrons. The Morgan fingerprint density at radius 2 is 2.14 bits per heavy atom. The van der Waals surface area contributed by atoms with E-state index in [9.17, 15) is 4.55 Å². The van der Waals surface area contributed by atoms with Crippen LogP contribution in [0.25, 0.3) is 0 Å². The highest BCUT2D eigenvalue weighted by Crippen LogP contribution is 2.18. The Balaban J connectivity index is 0.000000980. The van der Waals surface area contributed by atoms with Crippen molar-refractivity contribution in [3.8, 4) is 0 Å². The van der Waals surface area contributed by atoms with Gasteiger partial charge in [0.05, 0.1) is 0 Å². The summed E-state index contributed by atoms with van der Waals surface area (Å²) in [6.07, 6.45) is 2.81. The summed E-state index contributed by atoms with van der Waals surface area (Å²) in [5, 5.41) is 3.31. The molecule has 1 atom stereocenters. The molecule has 1 aromatic carbocycles. The fraction of sp³-hybridized carbons (Fsp3) is 0.400. The van der Waals surface area contributed by atoms with Gasteiger partial charge in [-0.3, -0.25) is 0 Å². The molecule has 1 unspecified atom stereocenters. The van der Waals surface area contributed by atoms with Gasteiger partial charge in [-0.2, -0.15) is 0 Å². The summed E-state index contributed by atoms with van der Waals surface area (Å²) < 4.78 is 11.2. The minimum absolute atomic E-state index is 0. The van der Waals surface area contributed by atoms with Crippen LogP contribution in [-0.4, -0.2) is 17.4 Å². The van der Waals surface area contributed by atoms with E-state index in [1.165, 1.54) is 11.1 Å². The molecule has 0 radical (unpaired) electrons. The van der Waals surface area contributed by atoms with Crippen molar-refractivity contribution in [2.45, 2.75) is 17.9 Å². The summed E-state index contributed by atoms with van der Waals surface area (Å²) in [6.45, 7) is 1.97. The summed E-state index contributed by atoms with van der Waals surface area (Å²) in [6, 6.07) is 6.13. The molecule has 4 heteroatoms. The number of benzene rings is 1. The van der Waals surface area contributed by atoms with Gasteiger partial charge in [0.2, 0.25) is 0 Å². The first-order valence-corrected chi connectivity index (χ1v) is 5.99. The van der Waals surface area contributed by atoms with Crippen molar-refractivity contribution in [1.29, 1.82) is 0 Å². The first-order chi connectivity index (χ1) is 6.27. The average Bonchev–Trinajstić information content (AvgIpc) is 2.17. The Morgan fingerprint density at radius 3 is 2.86 bits per heavy atom. The van der Waals surface area contributed by atoms with Gasteiger partial charge in [0.1, 0.15) is 6.26 Å². The quantitative estimate of drug-likeness (QED) is 0.744. The van der Waals surface area contributed by atoms with Crippen LogP contribution in [0.3, 0.4) is 0 Å². The number of nitrogens with one attached hydrogen (secondary N) is 1. The Morgan fingerprint density at radius 1 is 1.36 bits per heavy atom. The van der Waals surface area contributed by atoms with E-state index < -0.39 is 11.2 Å². The van der Waals surface area contributed by atoms with Gasteiger partial charge in [0.25, 0.3) is 0 Å². The van der Waals surface area contributed by atoms with Crippen LogP contribution in [-0.2, 0) is 24.1 Å². The second kappa shape index (κ2) is 5.03. The van der Waals surface area contributed by atoms with Crippen molar-refractivity contribution in [2.24, 2.45) is 0 Å². The van der Waals surface area contributed by atoms with E-state index in [4.69, 9.17) is 0 Å². The Labute approximate surface area is 93.7 Å². The van der Waals surface area contributed by atoms with Crippen molar-refractivity contribution >= 4 is 23.6 Å². The molecule has 1 N–H and O–H groups in total. The zero-order valence-corrected chi connectivity index (χ0v) is 9.71. The molecule has 0 aromatic heterocycles. The van der Waals surface area contributed by atoms with Gasteiger partial charge >= 0.3 is 0 Å². The van der Waals surface area contributed by atoms with E-state index in [0.717, 1.165) is 24.4 Å². The minimum atomic E-state index is -0.855. The molecule has 0 bridgehead atoms. The molecule has 0 aliphatic carbocycles. The number of fused-ring (bicyclic) bond motifs is 1. The lowest BCUT2D eigenvalue weighted by molar-refractivity contribution is 0.599. The van der Waals surface area contributed by atoms with Crippen LogP contribution < -0.4 is 5.32 Å². The van der Waals surface area contributed by atoms with Gasteiger partial charge in [-0.15, -0.1) is 12.4 Å². The summed E-state index contributed by atoms with van der Waals surface area (Å²) in [7, 11) is 0. The van der Waals surface area contributed by atoms with Gasteiger partial charge < -0.3 is 9.87 Å². The molecule has 0 fully saturated rings. The van der Waals surface area contributed by atoms with Gasteiger partial charge in [-0.25, -0.2) is 0 Å². The van der Waals surface area contributed by atoms with Crippen molar-refractivity contribution in [3.05, 3.63) is 29.3 Å². The predicted octanol–water partition coefficient (Wildman–Crippen LogP) is 1.49. The first-order valence-electron chi connectivity index (χ1n) is 4.43. The van der Waals surface area contributed by atoms with Crippen LogP contribution in [0, 0.1) is 0 Å². The Hall–Kier alpha value is -0.220. The highest BCUT2D eigenvalue weighted by atomic mass is 35.5. The normalized spacial score (nSPS) is 16.7. The molecule has 1 aromatic rings. The lowest BCUT2D eigenvalue weighted by Crippen LogP contribution is -2.23. The first kappa shape index (κ1) is 11.9. The largest absolute Gasteiger partial charge is 0.612 e. The Bertz CT molecular complexity index is 317. The minimum Gasteiger partial charge on any atom is -0.612 e. The van der Waals surface area contributed by atoms with Gasteiger partial charge in [0, 0.05) is 6.54 Å². The van der Waals surface area contributed by atoms with Gasteiger partial charge in [0.15, 0.2) is 4.90 Å². The maximum atomic E-state index is 11.2. The fourth-order valence-electron chi connectivity index (χ4n) is 1.64. The zero-order valence-electron chi connectivity index (χ0n) is 8.08. The Kier molecular flexibility index (Phi) is 4.26. The molecular formula is C10H14ClNOS. The molecule has 2 rings (SSSR count). The van der Waals surface area contributed by atoms with E-state index in [1.54, 1.807) is 6.26 Å². The van der Waals surface area contributed by atoms with Crippen LogP contribution in [0.4, 0.5) is 0 Å². The van der Waals surface area contributed by atoms with Crippen LogP contribution in [0.5, 0.6) is 0 Å². The van der Waals surface area contributed by atoms with Crippen molar-refractivity contribution in [2.75, 3.05) is 12.8 Å². The third-order valence-corrected chi connectivity index (χ3v) is 3.31. The van der Waals surface area contributed by atoms with E-state index >= 15 is 0 Å². The summed E-state index contributed by atoms with van der Waals surface area (Å²) in [5.74, 6) is 0. The molecule has 0 amide bonds. The molecule has 1 aliphatic heterocycles. The number of halogens is 1. The van der Waals surface area contributed by atoms with Crippen molar-refractivity contribution in [1.82, 2.24) is 5.32 Å². The lowest BCUT2D eigenvalue weighted by Gasteiger charge is -2.17. The molecule has 1 heterocycles. The smallest absolute Gasteiger partial charge is 0.152 e. The second-order valence-corrected chi connectivity index (χ2v) is 4.69. The average molecular weight is 232 g/mol. The van der Waals surface area contributed by atoms with Gasteiger partial charge in [-0.1, -0.05) is 6.07 Å². The van der Waals surface area contributed by atoms with Crippen LogP contribution >= 0.6 is 12.4 Å². The van der Waals surface area contributed by atoms with Crippen LogP contribution in [0.2, 0.25) is 0 Å². The van der Waals surface area contributed by atoms with Gasteiger partial charge in [-0.05, 0) is 47.4 Å². The maximum absolute atomic E-state index is 11.2. The molecule has 0 saturated heterocycles. The molecule has 0 saturated carbocycles. The third-order valence-electron chi connectivity index (χ3n) is 2.40. The van der Waals surface area contributed by atoms with Crippen molar-refractivity contribution < 1.29 is 4.55 Å². The number of rotatable bonds is 1. The van der Waals surface area contributed by atoms with E-state index in [1.807, 2.05) is 6.07 Å². The standard InChI is InChI=1S/C10H13NOS.ClH/c1-13(12)10-3-2-8-4-5-11-7-9(8)6-10;/h2-3,6,11H,4-5,7H2,1H3;1H. The zero-order chi connectivity index (χ0) is 9.26. The highest BCUT2D eigenvalue weighted by molar-refractivity contribution is 7.90. The molecule has 0 spiro atoms. The highest BCUT2D eigenvalue weighted by Gasteiger charge is 2.12. The summed E-state index contributed by atoms with van der Waals surface area (Å²) >= 11 is -0.855. The third kappa shape index (κ3) is 2.42. The summed E-state index contributed by atoms with van der Waals surface area (Å²) in [4.78, 5) is 0.933. The predicted molar refractivity (Wildman–Crippen MR) is 61.4 cm³/mol. The van der Waals surface area contributed by atoms with E-state index in [-0.39, 0.29) is 12.4 Å². The SMILES string of the molecule is C[S+]([O-])c1ccc2c(c1)CNCC2.Cl. The summed E-state index contributed by atoms with van der Waals surface area (Å²) in [5.41, 5.74) is 2.70. The number of hydrogen-bond acceptors (Lipinski definition) is 2. The second-order valence-electron chi connectivity index (χ2n) is 3.31. The van der Waals surface area contributed by atoms with Crippen LogP contribution in [0.15, 0.2) is 23.1 Å². The van der Waals surface area contributed by atoms with E-state index in [2.05, 4.69) is 17.4 Å². The molecular weight excluding hydrogens is 218 g/mol. The monoisotopic (exact) mass is 231 g/mol. The topological polar surface area (TPSA) is 35.1 Å². The molecule has 14 heavy (non-hydrogen) atoms. The molecule has 1 aliphatic rings. The lowest BCUT2D eigenvalue weighted by atomic mass is 10.0. The molecule has 2 nitrogen and oxygen atoms in total. The fourth-order valence-corrected chi connectivity index (χ4v) is 2.20. The number of hydrogen-bond donors (Lipinski definition) is 1. The van der Waals surface area contributed by atoms with Crippen LogP contribution in [0.1, 0.15) is 11.1 Å².